The maximum Gasteiger partial charge on any atom is 0.134 e. The van der Waals surface area contributed by atoms with Gasteiger partial charge in [0.05, 0.1) is 24.1 Å². The van der Waals surface area contributed by atoms with Crippen LogP contribution in [-0.4, -0.2) is 57.0 Å². The molecule has 0 bridgehead atoms. The minimum atomic E-state index is 0.201. The third kappa shape index (κ3) is 7.67. The molecule has 5 N–H and O–H groups in total. The van der Waals surface area contributed by atoms with Gasteiger partial charge in [-0.2, -0.15) is 5.10 Å². The summed E-state index contributed by atoms with van der Waals surface area (Å²) in [5.74, 6) is 2.25. The van der Waals surface area contributed by atoms with Crippen molar-refractivity contribution >= 4 is 23.7 Å². The zero-order chi connectivity index (χ0) is 27.3. The fraction of sp³-hybridized carbons (Fsp3) is 0.536. The summed E-state index contributed by atoms with van der Waals surface area (Å²) in [6.45, 7) is 16.8. The highest BCUT2D eigenvalue weighted by molar-refractivity contribution is 6.16. The number of nitrogens with two attached hydrogens (primary N) is 2. The Bertz CT molecular complexity index is 1040. The van der Waals surface area contributed by atoms with Crippen molar-refractivity contribution in [2.75, 3.05) is 25.5 Å². The van der Waals surface area contributed by atoms with Crippen molar-refractivity contribution in [3.05, 3.63) is 41.0 Å². The Hall–Kier alpha value is -3.15. The molecule has 0 spiro atoms. The summed E-state index contributed by atoms with van der Waals surface area (Å²) >= 11 is 0. The lowest BCUT2D eigenvalue weighted by atomic mass is 10.0. The van der Waals surface area contributed by atoms with Crippen molar-refractivity contribution < 1.29 is 0 Å². The van der Waals surface area contributed by atoms with E-state index in [-0.39, 0.29) is 6.67 Å². The summed E-state index contributed by atoms with van der Waals surface area (Å²) in [4.78, 5) is 7.20. The van der Waals surface area contributed by atoms with Gasteiger partial charge in [-0.25, -0.2) is 0 Å². The molecule has 8 heteroatoms. The van der Waals surface area contributed by atoms with E-state index < -0.39 is 0 Å². The average Bonchev–Trinajstić information content (AvgIpc) is 3.53. The van der Waals surface area contributed by atoms with Crippen LogP contribution < -0.4 is 11.5 Å². The first kappa shape index (κ1) is 30.9. The van der Waals surface area contributed by atoms with E-state index in [1.54, 1.807) is 13.8 Å². The predicted octanol–water partition coefficient (Wildman–Crippen LogP) is 4.72. The second kappa shape index (κ2) is 15.8. The highest BCUT2D eigenvalue weighted by atomic mass is 15.3. The van der Waals surface area contributed by atoms with E-state index in [2.05, 4.69) is 57.2 Å². The second-order valence-corrected chi connectivity index (χ2v) is 8.34. The van der Waals surface area contributed by atoms with Crippen molar-refractivity contribution in [1.82, 2.24) is 19.2 Å². The van der Waals surface area contributed by atoms with E-state index in [1.807, 2.05) is 38.6 Å². The fourth-order valence-corrected chi connectivity index (χ4v) is 4.15. The van der Waals surface area contributed by atoms with Crippen LogP contribution in [0.4, 0.5) is 5.69 Å². The number of hydrogen-bond acceptors (Lipinski definition) is 6. The molecule has 0 radical (unpaired) electrons. The van der Waals surface area contributed by atoms with Crippen molar-refractivity contribution in [2.24, 2.45) is 10.7 Å². The lowest BCUT2D eigenvalue weighted by Gasteiger charge is -2.41. The number of allylic oxidation sites excluding steroid dienone is 1. The lowest BCUT2D eigenvalue weighted by Crippen LogP contribution is -2.48. The number of anilines is 1. The molecule has 36 heavy (non-hydrogen) atoms. The SMILES string of the molecule is C#CC.C/C=C/c1c(/C(=N/CN)c2nn(CC)cc2N)cn(C2CN(C3CC3)C2)c1C.CC.CC=N. The zero-order valence-corrected chi connectivity index (χ0v) is 23.3. The number of hydrogen-bond donors (Lipinski definition) is 3. The summed E-state index contributed by atoms with van der Waals surface area (Å²) in [5.41, 5.74) is 17.7. The molecule has 198 valence electrons. The van der Waals surface area contributed by atoms with E-state index >= 15 is 0 Å². The Balaban J connectivity index is 0.000000725. The Morgan fingerprint density at radius 3 is 2.28 bits per heavy atom. The van der Waals surface area contributed by atoms with Crippen LogP contribution in [-0.2, 0) is 6.54 Å². The van der Waals surface area contributed by atoms with Crippen LogP contribution in [0.3, 0.4) is 0 Å². The zero-order valence-electron chi connectivity index (χ0n) is 23.3. The van der Waals surface area contributed by atoms with Gasteiger partial charge in [0, 0.05) is 54.9 Å². The van der Waals surface area contributed by atoms with E-state index in [0.29, 0.717) is 17.4 Å². The number of terminal acetylenes is 1. The first-order valence-electron chi connectivity index (χ1n) is 12.9. The number of aliphatic imine (C=N–C) groups is 1. The van der Waals surface area contributed by atoms with Crippen LogP contribution in [0.1, 0.15) is 82.9 Å². The van der Waals surface area contributed by atoms with Crippen molar-refractivity contribution in [3.8, 4) is 12.3 Å². The quantitative estimate of drug-likeness (QED) is 0.381. The number of aryl methyl sites for hydroxylation is 1. The first-order valence-corrected chi connectivity index (χ1v) is 12.9. The number of likely N-dealkylation sites (tertiary alicyclic amines) is 1. The number of rotatable bonds is 7. The van der Waals surface area contributed by atoms with Crippen LogP contribution in [0.5, 0.6) is 0 Å². The Kier molecular flexibility index (Phi) is 13.5. The van der Waals surface area contributed by atoms with Crippen LogP contribution in [0.15, 0.2) is 23.5 Å². The fourth-order valence-electron chi connectivity index (χ4n) is 4.15. The highest BCUT2D eigenvalue weighted by Crippen LogP contribution is 2.37. The predicted molar refractivity (Wildman–Crippen MR) is 155 cm³/mol. The van der Waals surface area contributed by atoms with Gasteiger partial charge in [0.15, 0.2) is 0 Å². The summed E-state index contributed by atoms with van der Waals surface area (Å²) in [6, 6.07) is 1.34. The molecule has 2 fully saturated rings. The molecule has 2 aromatic rings. The first-order chi connectivity index (χ1) is 17.4. The molecule has 1 saturated heterocycles. The third-order valence-electron chi connectivity index (χ3n) is 5.86. The third-order valence-corrected chi connectivity index (χ3v) is 5.86. The van der Waals surface area contributed by atoms with Crippen molar-refractivity contribution in [3.63, 3.8) is 0 Å². The lowest BCUT2D eigenvalue weighted by molar-refractivity contribution is 0.0973. The molecule has 1 saturated carbocycles. The van der Waals surface area contributed by atoms with E-state index in [4.69, 9.17) is 16.9 Å². The minimum Gasteiger partial charge on any atom is -0.396 e. The number of nitrogen functional groups attached to an aromatic ring is 1. The summed E-state index contributed by atoms with van der Waals surface area (Å²) in [6.07, 6.45) is 16.9. The van der Waals surface area contributed by atoms with E-state index in [9.17, 15) is 0 Å². The van der Waals surface area contributed by atoms with Gasteiger partial charge in [0.25, 0.3) is 0 Å². The molecule has 2 aromatic heterocycles. The molecule has 0 aromatic carbocycles. The van der Waals surface area contributed by atoms with Gasteiger partial charge in [-0.1, -0.05) is 26.0 Å². The largest absolute Gasteiger partial charge is 0.396 e. The van der Waals surface area contributed by atoms with Gasteiger partial charge in [-0.05, 0) is 53.7 Å². The summed E-state index contributed by atoms with van der Waals surface area (Å²) < 4.78 is 4.25. The minimum absolute atomic E-state index is 0.201. The summed E-state index contributed by atoms with van der Waals surface area (Å²) in [7, 11) is 0. The van der Waals surface area contributed by atoms with Gasteiger partial charge >= 0.3 is 0 Å². The van der Waals surface area contributed by atoms with Gasteiger partial charge in [-0.15, -0.1) is 12.3 Å². The molecular formula is C28H46N8. The normalized spacial score (nSPS) is 15.5. The number of nitrogens with one attached hydrogen (secondary N) is 1. The molecule has 1 aliphatic heterocycles. The molecule has 8 nitrogen and oxygen atoms in total. The standard InChI is InChI=1S/C21H31N7.C3H4.C2H5N.C2H6/c1-4-6-17-14(3)28(16-9-26(10-16)15-7-8-15)11-18(17)20(24-13-22)21-19(23)12-27(5-2)25-21;1-3-2;1-2-3;1-2/h4,6,11-12,15-16H,5,7-10,13,22-23H2,1-3H3;1H,2H3;2-3H,1H3;1-2H3/b6-4+,24-20-;;;. The topological polar surface area (TPSA) is 114 Å². The molecule has 1 aliphatic carbocycles. The Morgan fingerprint density at radius 2 is 1.83 bits per heavy atom. The van der Waals surface area contributed by atoms with Crippen molar-refractivity contribution in [2.45, 2.75) is 79.9 Å². The molecule has 0 amide bonds. The van der Waals surface area contributed by atoms with Crippen LogP contribution in [0, 0.1) is 24.7 Å². The second-order valence-electron chi connectivity index (χ2n) is 8.34. The average molecular weight is 495 g/mol. The monoisotopic (exact) mass is 494 g/mol. The van der Waals surface area contributed by atoms with Crippen LogP contribution in [0.25, 0.3) is 6.08 Å². The maximum atomic E-state index is 6.27. The Morgan fingerprint density at radius 1 is 1.25 bits per heavy atom. The molecule has 4 rings (SSSR count). The molecule has 0 unspecified atom stereocenters. The van der Waals surface area contributed by atoms with Gasteiger partial charge in [0.1, 0.15) is 5.69 Å². The van der Waals surface area contributed by atoms with Crippen LogP contribution >= 0.6 is 0 Å². The van der Waals surface area contributed by atoms with Crippen LogP contribution in [0.2, 0.25) is 0 Å². The van der Waals surface area contributed by atoms with Gasteiger partial charge < -0.3 is 21.4 Å². The van der Waals surface area contributed by atoms with Gasteiger partial charge in [-0.3, -0.25) is 14.6 Å². The highest BCUT2D eigenvalue weighted by Gasteiger charge is 2.39. The van der Waals surface area contributed by atoms with E-state index in [1.165, 1.54) is 30.3 Å². The smallest absolute Gasteiger partial charge is 0.134 e. The molecule has 0 atom stereocenters. The van der Waals surface area contributed by atoms with Gasteiger partial charge in [0.2, 0.25) is 0 Å². The summed E-state index contributed by atoms with van der Waals surface area (Å²) in [5, 5.41) is 10.7. The Labute approximate surface area is 218 Å². The molecule has 3 heterocycles. The number of nitrogens with zero attached hydrogens (tertiary/aromatic N) is 5. The molecular weight excluding hydrogens is 448 g/mol. The molecule has 2 aliphatic rings. The maximum absolute atomic E-state index is 6.27. The van der Waals surface area contributed by atoms with Crippen molar-refractivity contribution in [1.29, 1.82) is 5.41 Å². The number of aromatic nitrogens is 3. The van der Waals surface area contributed by atoms with E-state index in [0.717, 1.165) is 37.0 Å².